The minimum absolute atomic E-state index is 0.0725. The molecule has 4 heteroatoms. The second-order valence-electron chi connectivity index (χ2n) is 6.79. The molecule has 4 nitrogen and oxygen atoms in total. The molecule has 4 atom stereocenters. The lowest BCUT2D eigenvalue weighted by molar-refractivity contribution is 0.00431. The molecule has 1 aliphatic heterocycles. The van der Waals surface area contributed by atoms with Crippen LogP contribution >= 0.6 is 0 Å². The van der Waals surface area contributed by atoms with Gasteiger partial charge in [0, 0.05) is 13.2 Å². The Balaban J connectivity index is 1.77. The van der Waals surface area contributed by atoms with Gasteiger partial charge in [-0.15, -0.1) is 0 Å². The maximum absolute atomic E-state index is 12.0. The lowest BCUT2D eigenvalue weighted by Crippen LogP contribution is -2.40. The number of hydrogen-bond acceptors (Lipinski definition) is 3. The highest BCUT2D eigenvalue weighted by molar-refractivity contribution is 5.67. The summed E-state index contributed by atoms with van der Waals surface area (Å²) in [6.07, 6.45) is 5.52. The minimum atomic E-state index is -0.273. The van der Waals surface area contributed by atoms with Crippen LogP contribution in [0.2, 0.25) is 0 Å². The molecule has 116 valence electrons. The standard InChI is InChI=1S/C16H29NO3/c1-11(2)14-7-6-12(3)9-15(14)20-16(18)17-10-13-5-4-8-19-13/h11-15H,4-10H2,1-3H3,(H,17,18)/t12-,13?,14+,15-/m0/s1. The average molecular weight is 283 g/mol. The summed E-state index contributed by atoms with van der Waals surface area (Å²) in [6.45, 7) is 8.09. The molecule has 1 N–H and O–H groups in total. The Labute approximate surface area is 122 Å². The van der Waals surface area contributed by atoms with E-state index in [1.54, 1.807) is 0 Å². The third kappa shape index (κ3) is 4.37. The summed E-state index contributed by atoms with van der Waals surface area (Å²) in [7, 11) is 0. The third-order valence-electron chi connectivity index (χ3n) is 4.72. The van der Waals surface area contributed by atoms with E-state index in [2.05, 4.69) is 26.1 Å². The molecule has 1 saturated heterocycles. The van der Waals surface area contributed by atoms with Crippen LogP contribution in [0.5, 0.6) is 0 Å². The average Bonchev–Trinajstić information content (AvgIpc) is 2.89. The van der Waals surface area contributed by atoms with Crippen LogP contribution in [0.4, 0.5) is 4.79 Å². The molecule has 0 aromatic carbocycles. The van der Waals surface area contributed by atoms with Gasteiger partial charge in [0.15, 0.2) is 0 Å². The predicted molar refractivity (Wildman–Crippen MR) is 78.6 cm³/mol. The first-order chi connectivity index (χ1) is 9.56. The van der Waals surface area contributed by atoms with Gasteiger partial charge in [0.25, 0.3) is 0 Å². The van der Waals surface area contributed by atoms with Gasteiger partial charge >= 0.3 is 6.09 Å². The van der Waals surface area contributed by atoms with Gasteiger partial charge in [-0.25, -0.2) is 4.79 Å². The van der Waals surface area contributed by atoms with Crippen LogP contribution in [0.15, 0.2) is 0 Å². The van der Waals surface area contributed by atoms with E-state index in [9.17, 15) is 4.79 Å². The van der Waals surface area contributed by atoms with Crippen LogP contribution in [0.25, 0.3) is 0 Å². The van der Waals surface area contributed by atoms with Crippen molar-refractivity contribution in [3.8, 4) is 0 Å². The number of ether oxygens (including phenoxy) is 2. The SMILES string of the molecule is CC(C)[C@H]1CC[C@H](C)C[C@@H]1OC(=O)NCC1CCCO1. The lowest BCUT2D eigenvalue weighted by Gasteiger charge is -2.36. The smallest absolute Gasteiger partial charge is 0.407 e. The predicted octanol–water partition coefficient (Wildman–Crippen LogP) is 3.35. The number of rotatable bonds is 4. The number of nitrogens with one attached hydrogen (secondary N) is 1. The summed E-state index contributed by atoms with van der Waals surface area (Å²) in [5, 5.41) is 2.86. The molecule has 0 aromatic rings. The van der Waals surface area contributed by atoms with Crippen molar-refractivity contribution in [1.82, 2.24) is 5.32 Å². The van der Waals surface area contributed by atoms with E-state index < -0.39 is 0 Å². The summed E-state index contributed by atoms with van der Waals surface area (Å²) in [6, 6.07) is 0. The number of amides is 1. The van der Waals surface area contributed by atoms with Crippen molar-refractivity contribution in [2.45, 2.75) is 65.1 Å². The summed E-state index contributed by atoms with van der Waals surface area (Å²) in [5.74, 6) is 1.72. The van der Waals surface area contributed by atoms with Crippen molar-refractivity contribution in [3.05, 3.63) is 0 Å². The monoisotopic (exact) mass is 283 g/mol. The molecule has 1 amide bonds. The first-order valence-electron chi connectivity index (χ1n) is 8.12. The topological polar surface area (TPSA) is 47.6 Å². The van der Waals surface area contributed by atoms with Crippen molar-refractivity contribution in [3.63, 3.8) is 0 Å². The van der Waals surface area contributed by atoms with Gasteiger partial charge in [0.2, 0.25) is 0 Å². The molecule has 2 fully saturated rings. The number of hydrogen-bond donors (Lipinski definition) is 1. The second kappa shape index (κ2) is 7.30. The van der Waals surface area contributed by atoms with E-state index >= 15 is 0 Å². The van der Waals surface area contributed by atoms with Crippen molar-refractivity contribution in [2.75, 3.05) is 13.2 Å². The van der Waals surface area contributed by atoms with Crippen LogP contribution in [0, 0.1) is 17.8 Å². The largest absolute Gasteiger partial charge is 0.446 e. The van der Waals surface area contributed by atoms with Gasteiger partial charge in [0.05, 0.1) is 6.10 Å². The van der Waals surface area contributed by atoms with Gasteiger partial charge in [-0.2, -0.15) is 0 Å². The molecule has 1 aliphatic carbocycles. The lowest BCUT2D eigenvalue weighted by atomic mass is 9.75. The van der Waals surface area contributed by atoms with E-state index in [4.69, 9.17) is 9.47 Å². The molecule has 1 heterocycles. The van der Waals surface area contributed by atoms with Crippen LogP contribution in [0.3, 0.4) is 0 Å². The summed E-state index contributed by atoms with van der Waals surface area (Å²) in [5.41, 5.74) is 0. The van der Waals surface area contributed by atoms with Crippen LogP contribution in [-0.2, 0) is 9.47 Å². The molecule has 2 rings (SSSR count). The number of carbonyl (C=O) groups excluding carboxylic acids is 1. The first kappa shape index (κ1) is 15.6. The third-order valence-corrected chi connectivity index (χ3v) is 4.72. The maximum Gasteiger partial charge on any atom is 0.407 e. The van der Waals surface area contributed by atoms with E-state index in [-0.39, 0.29) is 18.3 Å². The minimum Gasteiger partial charge on any atom is -0.446 e. The Morgan fingerprint density at radius 3 is 2.80 bits per heavy atom. The summed E-state index contributed by atoms with van der Waals surface area (Å²) < 4.78 is 11.2. The zero-order valence-electron chi connectivity index (χ0n) is 13.1. The van der Waals surface area contributed by atoms with Crippen LogP contribution in [0.1, 0.15) is 52.9 Å². The Kier molecular flexibility index (Phi) is 5.70. The number of alkyl carbamates (subject to hydrolysis) is 1. The van der Waals surface area contributed by atoms with Crippen molar-refractivity contribution < 1.29 is 14.3 Å². The molecule has 0 aromatic heterocycles. The highest BCUT2D eigenvalue weighted by Gasteiger charge is 2.33. The van der Waals surface area contributed by atoms with E-state index in [1.807, 2.05) is 0 Å². The summed E-state index contributed by atoms with van der Waals surface area (Å²) in [4.78, 5) is 12.0. The highest BCUT2D eigenvalue weighted by atomic mass is 16.6. The fourth-order valence-corrected chi connectivity index (χ4v) is 3.43. The fraction of sp³-hybridized carbons (Fsp3) is 0.938. The molecule has 2 aliphatic rings. The summed E-state index contributed by atoms with van der Waals surface area (Å²) >= 11 is 0. The van der Waals surface area contributed by atoms with Gasteiger partial charge in [-0.05, 0) is 43.4 Å². The van der Waals surface area contributed by atoms with Gasteiger partial charge in [0.1, 0.15) is 6.10 Å². The Morgan fingerprint density at radius 2 is 2.15 bits per heavy atom. The van der Waals surface area contributed by atoms with Crippen LogP contribution in [-0.4, -0.2) is 31.5 Å². The van der Waals surface area contributed by atoms with Gasteiger partial charge in [-0.1, -0.05) is 27.2 Å². The zero-order valence-corrected chi connectivity index (χ0v) is 13.1. The fourth-order valence-electron chi connectivity index (χ4n) is 3.43. The molecular formula is C16H29NO3. The maximum atomic E-state index is 12.0. The first-order valence-corrected chi connectivity index (χ1v) is 8.12. The Bertz CT molecular complexity index is 313. The quantitative estimate of drug-likeness (QED) is 0.860. The Morgan fingerprint density at radius 1 is 1.35 bits per heavy atom. The van der Waals surface area contributed by atoms with Gasteiger partial charge in [-0.3, -0.25) is 0 Å². The number of carbonyl (C=O) groups is 1. The van der Waals surface area contributed by atoms with Crippen molar-refractivity contribution in [1.29, 1.82) is 0 Å². The van der Waals surface area contributed by atoms with Crippen molar-refractivity contribution >= 4 is 6.09 Å². The second-order valence-corrected chi connectivity index (χ2v) is 6.79. The van der Waals surface area contributed by atoms with E-state index in [1.165, 1.54) is 12.8 Å². The molecule has 0 radical (unpaired) electrons. The molecule has 1 unspecified atom stereocenters. The Hall–Kier alpha value is -0.770. The van der Waals surface area contributed by atoms with Gasteiger partial charge < -0.3 is 14.8 Å². The molecule has 0 spiro atoms. The molecule has 0 bridgehead atoms. The van der Waals surface area contributed by atoms with Crippen LogP contribution < -0.4 is 5.32 Å². The molecular weight excluding hydrogens is 254 g/mol. The highest BCUT2D eigenvalue weighted by Crippen LogP contribution is 2.35. The van der Waals surface area contributed by atoms with E-state index in [0.29, 0.717) is 24.3 Å². The zero-order chi connectivity index (χ0) is 14.5. The van der Waals surface area contributed by atoms with E-state index in [0.717, 1.165) is 25.9 Å². The molecule has 1 saturated carbocycles. The molecule has 20 heavy (non-hydrogen) atoms. The normalized spacial score (nSPS) is 34.2. The van der Waals surface area contributed by atoms with Crippen molar-refractivity contribution in [2.24, 2.45) is 17.8 Å².